The molecule has 9 heavy (non-hydrogen) atoms. The van der Waals surface area contributed by atoms with Gasteiger partial charge in [0.05, 0.1) is 5.92 Å². The number of carboxylic acid groups (broad SMARTS) is 1. The third-order valence-corrected chi connectivity index (χ3v) is 2.62. The third kappa shape index (κ3) is 2.75. The molecule has 0 saturated carbocycles. The number of carbonyl (C=O) groups is 1. The van der Waals surface area contributed by atoms with Crippen molar-refractivity contribution in [3.8, 4) is 0 Å². The van der Waals surface area contributed by atoms with Crippen LogP contribution in [0.15, 0.2) is 0 Å². The Hall–Kier alpha value is -0.180. The lowest BCUT2D eigenvalue weighted by Gasteiger charge is -2.11. The Bertz CT molecular complexity index is 103. The van der Waals surface area contributed by atoms with E-state index in [0.717, 1.165) is 0 Å². The Kier molecular flexibility index (Phi) is 3.70. The summed E-state index contributed by atoms with van der Waals surface area (Å²) in [5.74, 6) is -0.947. The minimum Gasteiger partial charge on any atom is -0.481 e. The van der Waals surface area contributed by atoms with Gasteiger partial charge in [-0.3, -0.25) is 4.79 Å². The molecule has 1 N–H and O–H groups in total. The van der Waals surface area contributed by atoms with Gasteiger partial charge in [-0.05, 0) is 6.26 Å². The molecule has 0 aliphatic rings. The Labute approximate surface area is 59.6 Å². The number of hydrogen-bond acceptors (Lipinski definition) is 2. The molecule has 54 valence electrons. The van der Waals surface area contributed by atoms with E-state index in [1.807, 2.05) is 13.2 Å². The van der Waals surface area contributed by atoms with E-state index in [1.165, 1.54) is 0 Å². The van der Waals surface area contributed by atoms with Crippen molar-refractivity contribution in [3.63, 3.8) is 0 Å². The molecular weight excluding hydrogens is 136 g/mol. The molecule has 2 atom stereocenters. The van der Waals surface area contributed by atoms with E-state index in [0.29, 0.717) is 0 Å². The van der Waals surface area contributed by atoms with Crippen molar-refractivity contribution >= 4 is 17.7 Å². The van der Waals surface area contributed by atoms with Crippen LogP contribution in [0.1, 0.15) is 13.8 Å². The van der Waals surface area contributed by atoms with E-state index >= 15 is 0 Å². The summed E-state index contributed by atoms with van der Waals surface area (Å²) in [6, 6.07) is 0. The van der Waals surface area contributed by atoms with Gasteiger partial charge in [0.1, 0.15) is 0 Å². The molecule has 0 spiro atoms. The highest BCUT2D eigenvalue weighted by Crippen LogP contribution is 2.15. The van der Waals surface area contributed by atoms with Crippen molar-refractivity contribution in [2.75, 3.05) is 6.26 Å². The molecule has 3 heteroatoms. The number of hydrogen-bond donors (Lipinski definition) is 1. The van der Waals surface area contributed by atoms with Gasteiger partial charge in [0.25, 0.3) is 0 Å². The monoisotopic (exact) mass is 148 g/mol. The van der Waals surface area contributed by atoms with E-state index in [1.54, 1.807) is 18.7 Å². The first-order chi connectivity index (χ1) is 4.09. The minimum atomic E-state index is -0.711. The highest BCUT2D eigenvalue weighted by molar-refractivity contribution is 7.99. The van der Waals surface area contributed by atoms with Gasteiger partial charge in [-0.2, -0.15) is 11.8 Å². The van der Waals surface area contributed by atoms with Crippen LogP contribution in [-0.2, 0) is 4.79 Å². The molecule has 0 fully saturated rings. The number of carboxylic acids is 1. The maximum absolute atomic E-state index is 10.3. The molecule has 0 heterocycles. The maximum atomic E-state index is 10.3. The standard InChI is InChI=1S/C6H12O2S/c1-4(6(7)8)5(2)9-3/h4-5H,1-3H3,(H,7,8)/t4-,5-/m0/s1. The lowest BCUT2D eigenvalue weighted by Crippen LogP contribution is -2.19. The maximum Gasteiger partial charge on any atom is 0.307 e. The van der Waals surface area contributed by atoms with E-state index in [-0.39, 0.29) is 11.2 Å². The highest BCUT2D eigenvalue weighted by Gasteiger charge is 2.17. The average molecular weight is 148 g/mol. The predicted octanol–water partition coefficient (Wildman–Crippen LogP) is 1.46. The van der Waals surface area contributed by atoms with Crippen molar-refractivity contribution in [1.29, 1.82) is 0 Å². The molecule has 0 aliphatic carbocycles. The number of aliphatic carboxylic acids is 1. The largest absolute Gasteiger partial charge is 0.481 e. The Morgan fingerprint density at radius 2 is 2.00 bits per heavy atom. The van der Waals surface area contributed by atoms with Crippen molar-refractivity contribution in [1.82, 2.24) is 0 Å². The zero-order chi connectivity index (χ0) is 7.44. The fourth-order valence-corrected chi connectivity index (χ4v) is 0.930. The van der Waals surface area contributed by atoms with Crippen molar-refractivity contribution in [3.05, 3.63) is 0 Å². The summed E-state index contributed by atoms with van der Waals surface area (Å²) in [4.78, 5) is 10.3. The molecule has 0 aromatic carbocycles. The molecule has 0 bridgehead atoms. The van der Waals surface area contributed by atoms with Crippen molar-refractivity contribution < 1.29 is 9.90 Å². The normalized spacial score (nSPS) is 16.8. The lowest BCUT2D eigenvalue weighted by atomic mass is 10.1. The van der Waals surface area contributed by atoms with Crippen LogP contribution in [0, 0.1) is 5.92 Å². The fraction of sp³-hybridized carbons (Fsp3) is 0.833. The first-order valence-electron chi connectivity index (χ1n) is 2.85. The van der Waals surface area contributed by atoms with Crippen LogP contribution >= 0.6 is 11.8 Å². The topological polar surface area (TPSA) is 37.3 Å². The summed E-state index contributed by atoms with van der Waals surface area (Å²) < 4.78 is 0. The molecule has 0 rings (SSSR count). The highest BCUT2D eigenvalue weighted by atomic mass is 32.2. The van der Waals surface area contributed by atoms with Crippen LogP contribution in [0.3, 0.4) is 0 Å². The summed E-state index contributed by atoms with van der Waals surface area (Å²) in [6.45, 7) is 3.65. The van der Waals surface area contributed by atoms with E-state index in [9.17, 15) is 4.79 Å². The molecule has 0 aromatic rings. The Morgan fingerprint density at radius 3 is 2.11 bits per heavy atom. The molecule has 0 saturated heterocycles. The van der Waals surface area contributed by atoms with Crippen LogP contribution in [-0.4, -0.2) is 22.6 Å². The summed E-state index contributed by atoms with van der Waals surface area (Å²) in [5.41, 5.74) is 0. The van der Waals surface area contributed by atoms with E-state index in [4.69, 9.17) is 5.11 Å². The van der Waals surface area contributed by atoms with E-state index in [2.05, 4.69) is 0 Å². The second kappa shape index (κ2) is 3.77. The molecule has 0 aliphatic heterocycles. The quantitative estimate of drug-likeness (QED) is 0.658. The lowest BCUT2D eigenvalue weighted by molar-refractivity contribution is -0.140. The second-order valence-electron chi connectivity index (χ2n) is 2.07. The van der Waals surface area contributed by atoms with Crippen molar-refractivity contribution in [2.45, 2.75) is 19.1 Å². The van der Waals surface area contributed by atoms with Crippen LogP contribution in [0.2, 0.25) is 0 Å². The molecule has 0 amide bonds. The third-order valence-electron chi connectivity index (χ3n) is 1.47. The van der Waals surface area contributed by atoms with Gasteiger partial charge in [-0.1, -0.05) is 13.8 Å². The Balaban J connectivity index is 3.72. The van der Waals surface area contributed by atoms with Gasteiger partial charge < -0.3 is 5.11 Å². The SMILES string of the molecule is CS[C@@H](C)[C@H](C)C(=O)O. The van der Waals surface area contributed by atoms with Crippen molar-refractivity contribution in [2.24, 2.45) is 5.92 Å². The zero-order valence-corrected chi connectivity index (χ0v) is 6.73. The summed E-state index contributed by atoms with van der Waals surface area (Å²) in [6.07, 6.45) is 1.92. The first-order valence-corrected chi connectivity index (χ1v) is 4.14. The summed E-state index contributed by atoms with van der Waals surface area (Å²) >= 11 is 1.58. The van der Waals surface area contributed by atoms with Gasteiger partial charge in [0.15, 0.2) is 0 Å². The van der Waals surface area contributed by atoms with Crippen LogP contribution < -0.4 is 0 Å². The fourth-order valence-electron chi connectivity index (χ4n) is 0.405. The van der Waals surface area contributed by atoms with Gasteiger partial charge >= 0.3 is 5.97 Å². The number of thioether (sulfide) groups is 1. The van der Waals surface area contributed by atoms with Crippen LogP contribution in [0.4, 0.5) is 0 Å². The predicted molar refractivity (Wildman–Crippen MR) is 39.8 cm³/mol. The van der Waals surface area contributed by atoms with Crippen LogP contribution in [0.5, 0.6) is 0 Å². The molecular formula is C6H12O2S. The second-order valence-corrected chi connectivity index (χ2v) is 3.28. The smallest absolute Gasteiger partial charge is 0.307 e. The average Bonchev–Trinajstić information content (AvgIpc) is 1.84. The van der Waals surface area contributed by atoms with E-state index < -0.39 is 5.97 Å². The van der Waals surface area contributed by atoms with Gasteiger partial charge in [-0.25, -0.2) is 0 Å². The molecule has 0 aromatic heterocycles. The van der Waals surface area contributed by atoms with Gasteiger partial charge in [-0.15, -0.1) is 0 Å². The Morgan fingerprint density at radius 1 is 1.56 bits per heavy atom. The molecule has 0 unspecified atom stereocenters. The molecule has 0 radical (unpaired) electrons. The van der Waals surface area contributed by atoms with Gasteiger partial charge in [0.2, 0.25) is 0 Å². The minimum absolute atomic E-state index is 0.211. The first kappa shape index (κ1) is 8.82. The van der Waals surface area contributed by atoms with Crippen LogP contribution in [0.25, 0.3) is 0 Å². The summed E-state index contributed by atoms with van der Waals surface area (Å²) in [5, 5.41) is 8.68. The molecule has 2 nitrogen and oxygen atoms in total. The number of rotatable bonds is 3. The zero-order valence-electron chi connectivity index (χ0n) is 5.92. The van der Waals surface area contributed by atoms with Gasteiger partial charge in [0, 0.05) is 5.25 Å². The summed E-state index contributed by atoms with van der Waals surface area (Å²) in [7, 11) is 0.